The highest BCUT2D eigenvalue weighted by Gasteiger charge is 2.06. The second-order valence-electron chi connectivity index (χ2n) is 8.96. The molecule has 5 aromatic carbocycles. The number of nitrogens with one attached hydrogen (secondary N) is 2. The molecule has 0 fully saturated rings. The molecule has 2 amide bonds. The van der Waals surface area contributed by atoms with E-state index in [1.165, 1.54) is 0 Å². The fourth-order valence-electron chi connectivity index (χ4n) is 4.07. The van der Waals surface area contributed by atoms with Gasteiger partial charge in [0.15, 0.2) is 0 Å². The van der Waals surface area contributed by atoms with Crippen LogP contribution in [0.2, 0.25) is 0 Å². The number of nitrogens with zero attached hydrogens (tertiary/aromatic N) is 2. The predicted octanol–water partition coefficient (Wildman–Crippen LogP) is 6.55. The van der Waals surface area contributed by atoms with E-state index in [1.807, 2.05) is 109 Å². The maximum Gasteiger partial charge on any atom is 0.271 e. The highest BCUT2D eigenvalue weighted by atomic mass is 16.2. The quantitative estimate of drug-likeness (QED) is 0.179. The fourth-order valence-corrected chi connectivity index (χ4v) is 4.07. The smallest absolute Gasteiger partial charge is 0.267 e. The number of carbonyl (C=O) groups is 2. The molecule has 0 radical (unpaired) electrons. The van der Waals surface area contributed by atoms with Gasteiger partial charge in [-0.1, -0.05) is 103 Å². The first kappa shape index (κ1) is 26.0. The Labute approximate surface area is 232 Å². The second-order valence-corrected chi connectivity index (χ2v) is 8.96. The van der Waals surface area contributed by atoms with Crippen molar-refractivity contribution in [3.63, 3.8) is 0 Å². The zero-order valence-electron chi connectivity index (χ0n) is 21.6. The Morgan fingerprint density at radius 1 is 0.450 bits per heavy atom. The van der Waals surface area contributed by atoms with Crippen LogP contribution >= 0.6 is 0 Å². The number of amides is 2. The molecule has 0 unspecified atom stereocenters. The van der Waals surface area contributed by atoms with Crippen molar-refractivity contribution in [3.8, 4) is 22.3 Å². The SMILES string of the molecule is O=C(N/N=C/c1cccc(/C=N/NC(=O)c2ccc(-c3ccccc3)cc2)c1)c1ccc(-c2ccccc2)cc1. The zero-order chi connectivity index (χ0) is 27.6. The molecule has 194 valence electrons. The van der Waals surface area contributed by atoms with E-state index in [2.05, 4.69) is 21.1 Å². The third-order valence-electron chi connectivity index (χ3n) is 6.18. The molecule has 2 N–H and O–H groups in total. The Morgan fingerprint density at radius 3 is 1.23 bits per heavy atom. The van der Waals surface area contributed by atoms with Gasteiger partial charge in [0.05, 0.1) is 12.4 Å². The van der Waals surface area contributed by atoms with Crippen LogP contribution in [0, 0.1) is 0 Å². The summed E-state index contributed by atoms with van der Waals surface area (Å²) in [4.78, 5) is 25.0. The molecule has 5 rings (SSSR count). The van der Waals surface area contributed by atoms with Gasteiger partial charge in [-0.25, -0.2) is 10.9 Å². The van der Waals surface area contributed by atoms with E-state index in [-0.39, 0.29) is 11.8 Å². The number of hydrogen-bond donors (Lipinski definition) is 2. The van der Waals surface area contributed by atoms with E-state index in [0.29, 0.717) is 11.1 Å². The number of carbonyl (C=O) groups excluding carboxylic acids is 2. The highest BCUT2D eigenvalue weighted by Crippen LogP contribution is 2.20. The van der Waals surface area contributed by atoms with Crippen LogP contribution in [0.25, 0.3) is 22.3 Å². The minimum absolute atomic E-state index is 0.298. The van der Waals surface area contributed by atoms with E-state index in [0.717, 1.165) is 33.4 Å². The van der Waals surface area contributed by atoms with Crippen molar-refractivity contribution in [2.75, 3.05) is 0 Å². The van der Waals surface area contributed by atoms with Crippen LogP contribution in [0.1, 0.15) is 31.8 Å². The van der Waals surface area contributed by atoms with Crippen LogP contribution < -0.4 is 10.9 Å². The van der Waals surface area contributed by atoms with E-state index in [1.54, 1.807) is 36.7 Å². The van der Waals surface area contributed by atoms with Gasteiger partial charge in [-0.3, -0.25) is 9.59 Å². The summed E-state index contributed by atoms with van der Waals surface area (Å²) in [5.41, 5.74) is 11.9. The van der Waals surface area contributed by atoms with Gasteiger partial charge in [0, 0.05) is 11.1 Å². The highest BCUT2D eigenvalue weighted by molar-refractivity contribution is 5.96. The Kier molecular flexibility index (Phi) is 8.29. The molecular weight excluding hydrogens is 496 g/mol. The maximum absolute atomic E-state index is 12.5. The second kappa shape index (κ2) is 12.8. The fraction of sp³-hybridized carbons (Fsp3) is 0. The zero-order valence-corrected chi connectivity index (χ0v) is 21.6. The summed E-state index contributed by atoms with van der Waals surface area (Å²) >= 11 is 0. The van der Waals surface area contributed by atoms with Crippen molar-refractivity contribution in [1.82, 2.24) is 10.9 Å². The van der Waals surface area contributed by atoms with Gasteiger partial charge in [0.25, 0.3) is 11.8 Å². The Morgan fingerprint density at radius 2 is 0.825 bits per heavy atom. The van der Waals surface area contributed by atoms with Gasteiger partial charge in [0.1, 0.15) is 0 Å². The molecule has 0 saturated carbocycles. The topological polar surface area (TPSA) is 82.9 Å². The maximum atomic E-state index is 12.5. The molecule has 6 heteroatoms. The molecule has 0 aliphatic carbocycles. The molecule has 0 saturated heterocycles. The van der Waals surface area contributed by atoms with E-state index in [9.17, 15) is 9.59 Å². The van der Waals surface area contributed by atoms with Gasteiger partial charge in [0.2, 0.25) is 0 Å². The molecule has 0 spiro atoms. The van der Waals surface area contributed by atoms with Gasteiger partial charge in [-0.2, -0.15) is 10.2 Å². The summed E-state index contributed by atoms with van der Waals surface area (Å²) in [6.45, 7) is 0. The van der Waals surface area contributed by atoms with Crippen LogP contribution in [0.4, 0.5) is 0 Å². The van der Waals surface area contributed by atoms with Crippen molar-refractivity contribution in [3.05, 3.63) is 156 Å². The molecule has 0 aliphatic heterocycles. The minimum atomic E-state index is -0.298. The standard InChI is InChI=1S/C34H26N4O2/c39-33(31-18-14-29(15-19-31)27-10-3-1-4-11-27)37-35-23-25-8-7-9-26(22-25)24-36-38-34(40)32-20-16-30(17-21-32)28-12-5-2-6-13-28/h1-24H,(H,37,39)(H,38,40)/b35-23+,36-24+. The van der Waals surface area contributed by atoms with Crippen LogP contribution in [-0.2, 0) is 0 Å². The van der Waals surface area contributed by atoms with Crippen molar-refractivity contribution in [1.29, 1.82) is 0 Å². The Balaban J connectivity index is 1.13. The third-order valence-corrected chi connectivity index (χ3v) is 6.18. The first-order chi connectivity index (χ1) is 19.7. The first-order valence-corrected chi connectivity index (χ1v) is 12.7. The minimum Gasteiger partial charge on any atom is -0.267 e. The molecule has 6 nitrogen and oxygen atoms in total. The normalized spacial score (nSPS) is 11.0. The molecule has 0 heterocycles. The number of benzene rings is 5. The molecular formula is C34H26N4O2. The van der Waals surface area contributed by atoms with Crippen LogP contribution in [0.3, 0.4) is 0 Å². The lowest BCUT2D eigenvalue weighted by atomic mass is 10.0. The first-order valence-electron chi connectivity index (χ1n) is 12.7. The van der Waals surface area contributed by atoms with Crippen LogP contribution in [0.15, 0.2) is 144 Å². The molecule has 0 atom stereocenters. The van der Waals surface area contributed by atoms with Gasteiger partial charge in [-0.05, 0) is 63.7 Å². The van der Waals surface area contributed by atoms with E-state index < -0.39 is 0 Å². The molecule has 0 bridgehead atoms. The summed E-state index contributed by atoms with van der Waals surface area (Å²) in [5, 5.41) is 8.16. The van der Waals surface area contributed by atoms with Crippen molar-refractivity contribution < 1.29 is 9.59 Å². The lowest BCUT2D eigenvalue weighted by molar-refractivity contribution is 0.0947. The molecule has 0 aliphatic rings. The monoisotopic (exact) mass is 522 g/mol. The summed E-state index contributed by atoms with van der Waals surface area (Å²) in [6.07, 6.45) is 3.11. The Bertz CT molecular complexity index is 1520. The Hall–Kier alpha value is -5.62. The largest absolute Gasteiger partial charge is 0.271 e. The average Bonchev–Trinajstić information content (AvgIpc) is 3.02. The van der Waals surface area contributed by atoms with Gasteiger partial charge < -0.3 is 0 Å². The van der Waals surface area contributed by atoms with Gasteiger partial charge in [-0.15, -0.1) is 0 Å². The van der Waals surface area contributed by atoms with Crippen LogP contribution in [-0.4, -0.2) is 24.2 Å². The molecule has 5 aromatic rings. The van der Waals surface area contributed by atoms with Crippen molar-refractivity contribution in [2.45, 2.75) is 0 Å². The lowest BCUT2D eigenvalue weighted by Crippen LogP contribution is -2.17. The number of hydrazone groups is 2. The summed E-state index contributed by atoms with van der Waals surface area (Å²) in [5.74, 6) is -0.596. The van der Waals surface area contributed by atoms with Gasteiger partial charge >= 0.3 is 0 Å². The van der Waals surface area contributed by atoms with Crippen molar-refractivity contribution >= 4 is 24.2 Å². The predicted molar refractivity (Wildman–Crippen MR) is 160 cm³/mol. The number of rotatable bonds is 8. The number of hydrogen-bond acceptors (Lipinski definition) is 4. The lowest BCUT2D eigenvalue weighted by Gasteiger charge is -2.04. The van der Waals surface area contributed by atoms with Crippen molar-refractivity contribution in [2.24, 2.45) is 10.2 Å². The molecule has 40 heavy (non-hydrogen) atoms. The van der Waals surface area contributed by atoms with E-state index in [4.69, 9.17) is 0 Å². The summed E-state index contributed by atoms with van der Waals surface area (Å²) in [6, 6.07) is 42.1. The average molecular weight is 523 g/mol. The summed E-state index contributed by atoms with van der Waals surface area (Å²) < 4.78 is 0. The third kappa shape index (κ3) is 6.82. The molecule has 0 aromatic heterocycles. The van der Waals surface area contributed by atoms with E-state index >= 15 is 0 Å². The van der Waals surface area contributed by atoms with Crippen LogP contribution in [0.5, 0.6) is 0 Å². The summed E-state index contributed by atoms with van der Waals surface area (Å²) in [7, 11) is 0.